The standard InChI is InChI=1S/C24H18Cl2N2O4/c1-31-21-13-17(25)11-16(22(21)32-14-15-7-5-6-10-20(15)26)12-19-23(29)27-28(24(19)30)18-8-3-2-4-9-18/h2-13H,14H2,1H3,(H,27,29)/b19-12-. The molecule has 1 fully saturated rings. The molecule has 0 unspecified atom stereocenters. The summed E-state index contributed by atoms with van der Waals surface area (Å²) in [6, 6.07) is 19.3. The van der Waals surface area contributed by atoms with Crippen molar-refractivity contribution >= 4 is 46.8 Å². The molecule has 1 heterocycles. The van der Waals surface area contributed by atoms with Crippen molar-refractivity contribution < 1.29 is 19.1 Å². The Bertz CT molecular complexity index is 1210. The Kier molecular flexibility index (Phi) is 6.35. The number of rotatable bonds is 6. The molecule has 1 aliphatic rings. The van der Waals surface area contributed by atoms with Crippen molar-refractivity contribution in [3.8, 4) is 11.5 Å². The lowest BCUT2D eigenvalue weighted by Gasteiger charge is -2.15. The van der Waals surface area contributed by atoms with Crippen molar-refractivity contribution in [2.24, 2.45) is 0 Å². The summed E-state index contributed by atoms with van der Waals surface area (Å²) in [5.74, 6) is -0.322. The van der Waals surface area contributed by atoms with Gasteiger partial charge in [-0.15, -0.1) is 0 Å². The van der Waals surface area contributed by atoms with Gasteiger partial charge in [0.15, 0.2) is 11.5 Å². The number of nitrogens with zero attached hydrogens (tertiary/aromatic N) is 1. The largest absolute Gasteiger partial charge is 0.493 e. The maximum absolute atomic E-state index is 12.9. The molecule has 0 spiro atoms. The minimum atomic E-state index is -0.533. The van der Waals surface area contributed by atoms with Crippen molar-refractivity contribution in [2.45, 2.75) is 6.61 Å². The SMILES string of the molecule is COc1cc(Cl)cc(/C=C2/C(=O)NN(c3ccccc3)C2=O)c1OCc1ccccc1Cl. The average molecular weight is 469 g/mol. The molecule has 2 amide bonds. The molecule has 162 valence electrons. The number of hydrogen-bond acceptors (Lipinski definition) is 4. The zero-order valence-electron chi connectivity index (χ0n) is 17.0. The topological polar surface area (TPSA) is 67.9 Å². The van der Waals surface area contributed by atoms with Crippen LogP contribution in [0.4, 0.5) is 5.69 Å². The van der Waals surface area contributed by atoms with Crippen LogP contribution >= 0.6 is 23.2 Å². The summed E-state index contributed by atoms with van der Waals surface area (Å²) in [5, 5.41) is 2.12. The summed E-state index contributed by atoms with van der Waals surface area (Å²) in [5.41, 5.74) is 4.27. The highest BCUT2D eigenvalue weighted by Crippen LogP contribution is 2.37. The zero-order chi connectivity index (χ0) is 22.7. The number of hydrazine groups is 1. The molecule has 1 N–H and O–H groups in total. The van der Waals surface area contributed by atoms with E-state index in [9.17, 15) is 9.59 Å². The maximum Gasteiger partial charge on any atom is 0.282 e. The van der Waals surface area contributed by atoms with Crippen LogP contribution in [-0.2, 0) is 16.2 Å². The minimum absolute atomic E-state index is 0.0548. The van der Waals surface area contributed by atoms with Crippen LogP contribution in [0.25, 0.3) is 6.08 Å². The first kappa shape index (κ1) is 21.7. The molecule has 0 atom stereocenters. The lowest BCUT2D eigenvalue weighted by Crippen LogP contribution is -2.35. The number of hydrogen-bond donors (Lipinski definition) is 1. The molecule has 0 radical (unpaired) electrons. The van der Waals surface area contributed by atoms with E-state index >= 15 is 0 Å². The lowest BCUT2D eigenvalue weighted by molar-refractivity contribution is -0.117. The third-order valence-corrected chi connectivity index (χ3v) is 5.39. The van der Waals surface area contributed by atoms with E-state index in [0.29, 0.717) is 32.8 Å². The number of para-hydroxylation sites is 1. The Balaban J connectivity index is 1.70. The fraction of sp³-hybridized carbons (Fsp3) is 0.0833. The van der Waals surface area contributed by atoms with Crippen molar-refractivity contribution in [3.63, 3.8) is 0 Å². The summed E-state index contributed by atoms with van der Waals surface area (Å²) >= 11 is 12.5. The first-order valence-electron chi connectivity index (χ1n) is 9.64. The van der Waals surface area contributed by atoms with Gasteiger partial charge in [-0.05, 0) is 30.3 Å². The second-order valence-electron chi connectivity index (χ2n) is 6.88. The number of nitrogens with one attached hydrogen (secondary N) is 1. The van der Waals surface area contributed by atoms with E-state index in [1.54, 1.807) is 42.5 Å². The Morgan fingerprint density at radius 1 is 1.00 bits per heavy atom. The van der Waals surface area contributed by atoms with Crippen LogP contribution in [0.5, 0.6) is 11.5 Å². The molecular formula is C24H18Cl2N2O4. The van der Waals surface area contributed by atoms with Crippen LogP contribution in [-0.4, -0.2) is 18.9 Å². The van der Waals surface area contributed by atoms with E-state index in [1.807, 2.05) is 24.3 Å². The highest BCUT2D eigenvalue weighted by atomic mass is 35.5. The number of ether oxygens (including phenoxy) is 2. The number of anilines is 1. The van der Waals surface area contributed by atoms with Gasteiger partial charge >= 0.3 is 0 Å². The number of amides is 2. The van der Waals surface area contributed by atoms with E-state index in [0.717, 1.165) is 5.56 Å². The summed E-state index contributed by atoms with van der Waals surface area (Å²) in [7, 11) is 1.48. The molecular weight excluding hydrogens is 451 g/mol. The molecule has 3 aromatic rings. The van der Waals surface area contributed by atoms with Gasteiger partial charge < -0.3 is 9.47 Å². The molecule has 0 aromatic heterocycles. The molecule has 0 bridgehead atoms. The van der Waals surface area contributed by atoms with E-state index in [-0.39, 0.29) is 12.2 Å². The van der Waals surface area contributed by atoms with Gasteiger partial charge in [-0.1, -0.05) is 59.6 Å². The smallest absolute Gasteiger partial charge is 0.282 e. The molecule has 1 saturated heterocycles. The number of benzene rings is 3. The van der Waals surface area contributed by atoms with Crippen LogP contribution in [0.15, 0.2) is 72.3 Å². The maximum atomic E-state index is 12.9. The lowest BCUT2D eigenvalue weighted by atomic mass is 10.1. The van der Waals surface area contributed by atoms with Crippen molar-refractivity contribution in [1.29, 1.82) is 0 Å². The van der Waals surface area contributed by atoms with Crippen LogP contribution in [0.2, 0.25) is 10.0 Å². The fourth-order valence-electron chi connectivity index (χ4n) is 3.24. The normalized spacial score (nSPS) is 14.6. The summed E-state index contributed by atoms with van der Waals surface area (Å²) in [6.07, 6.45) is 1.44. The van der Waals surface area contributed by atoms with Gasteiger partial charge in [0.25, 0.3) is 11.8 Å². The number of halogens is 2. The van der Waals surface area contributed by atoms with Gasteiger partial charge in [-0.3, -0.25) is 15.0 Å². The second-order valence-corrected chi connectivity index (χ2v) is 7.73. The monoisotopic (exact) mass is 468 g/mol. The third kappa shape index (κ3) is 4.42. The van der Waals surface area contributed by atoms with Gasteiger partial charge in [0, 0.05) is 27.2 Å². The van der Waals surface area contributed by atoms with Crippen molar-refractivity contribution in [2.75, 3.05) is 12.1 Å². The molecule has 32 heavy (non-hydrogen) atoms. The first-order valence-corrected chi connectivity index (χ1v) is 10.4. The van der Waals surface area contributed by atoms with Crippen LogP contribution in [0.1, 0.15) is 11.1 Å². The second kappa shape index (κ2) is 9.34. The van der Waals surface area contributed by atoms with E-state index < -0.39 is 11.8 Å². The third-order valence-electron chi connectivity index (χ3n) is 4.80. The molecule has 4 rings (SSSR count). The van der Waals surface area contributed by atoms with Crippen LogP contribution < -0.4 is 19.9 Å². The predicted octanol–water partition coefficient (Wildman–Crippen LogP) is 5.04. The molecule has 0 saturated carbocycles. The van der Waals surface area contributed by atoms with Gasteiger partial charge in [0.1, 0.15) is 12.2 Å². The van der Waals surface area contributed by atoms with Gasteiger partial charge in [-0.25, -0.2) is 5.01 Å². The van der Waals surface area contributed by atoms with Crippen LogP contribution in [0, 0.1) is 0 Å². The Labute approximate surface area is 194 Å². The minimum Gasteiger partial charge on any atom is -0.493 e. The van der Waals surface area contributed by atoms with E-state index in [1.165, 1.54) is 18.2 Å². The fourth-order valence-corrected chi connectivity index (χ4v) is 3.65. The zero-order valence-corrected chi connectivity index (χ0v) is 18.5. The van der Waals surface area contributed by atoms with Crippen LogP contribution in [0.3, 0.4) is 0 Å². The number of methoxy groups -OCH3 is 1. The van der Waals surface area contributed by atoms with E-state index in [2.05, 4.69) is 5.43 Å². The number of carbonyl (C=O) groups is 2. The molecule has 1 aliphatic heterocycles. The Morgan fingerprint density at radius 3 is 2.44 bits per heavy atom. The Hall–Kier alpha value is -3.48. The molecule has 0 aliphatic carbocycles. The van der Waals surface area contributed by atoms with Gasteiger partial charge in [0.2, 0.25) is 0 Å². The molecule has 3 aromatic carbocycles. The predicted molar refractivity (Wildman–Crippen MR) is 124 cm³/mol. The summed E-state index contributed by atoms with van der Waals surface area (Å²) < 4.78 is 11.4. The quantitative estimate of drug-likeness (QED) is 0.406. The summed E-state index contributed by atoms with van der Waals surface area (Å²) in [4.78, 5) is 25.5. The highest BCUT2D eigenvalue weighted by molar-refractivity contribution is 6.33. The highest BCUT2D eigenvalue weighted by Gasteiger charge is 2.34. The molecule has 6 nitrogen and oxygen atoms in total. The van der Waals surface area contributed by atoms with Crippen molar-refractivity contribution in [3.05, 3.63) is 93.5 Å². The Morgan fingerprint density at radius 2 is 1.72 bits per heavy atom. The summed E-state index contributed by atoms with van der Waals surface area (Å²) in [6.45, 7) is 0.157. The van der Waals surface area contributed by atoms with Gasteiger partial charge in [0.05, 0.1) is 12.8 Å². The first-order chi connectivity index (χ1) is 15.5. The average Bonchev–Trinajstić information content (AvgIpc) is 3.08. The van der Waals surface area contributed by atoms with Gasteiger partial charge in [-0.2, -0.15) is 0 Å². The number of carbonyl (C=O) groups excluding carboxylic acids is 2. The van der Waals surface area contributed by atoms with Crippen molar-refractivity contribution in [1.82, 2.24) is 5.43 Å². The van der Waals surface area contributed by atoms with E-state index in [4.69, 9.17) is 32.7 Å². The molecule has 8 heteroatoms.